The van der Waals surface area contributed by atoms with Crippen LogP contribution in [0.3, 0.4) is 0 Å². The molecule has 4 nitrogen and oxygen atoms in total. The molecule has 3 N–H and O–H groups in total. The largest absolute Gasteiger partial charge is 0.398 e. The molecule has 4 heteroatoms. The number of aryl methyl sites for hydroxylation is 1. The summed E-state index contributed by atoms with van der Waals surface area (Å²) in [6, 6.07) is 14.4. The van der Waals surface area contributed by atoms with Crippen molar-refractivity contribution in [2.45, 2.75) is 39.2 Å². The van der Waals surface area contributed by atoms with Gasteiger partial charge in [-0.15, -0.1) is 0 Å². The zero-order valence-electron chi connectivity index (χ0n) is 15.1. The fraction of sp³-hybridized carbons (Fsp3) is 0.381. The van der Waals surface area contributed by atoms with E-state index in [1.54, 1.807) is 0 Å². The molecule has 2 aromatic carbocycles. The number of fused-ring (bicyclic) bond motifs is 1. The van der Waals surface area contributed by atoms with Crippen LogP contribution in [0.4, 0.5) is 11.4 Å². The normalized spacial score (nSPS) is 14.7. The minimum Gasteiger partial charge on any atom is -0.398 e. The van der Waals surface area contributed by atoms with Gasteiger partial charge in [0.25, 0.3) is 0 Å². The average molecular weight is 337 g/mol. The highest BCUT2D eigenvalue weighted by Gasteiger charge is 2.21. The molecule has 1 heterocycles. The van der Waals surface area contributed by atoms with Crippen molar-refractivity contribution in [3.8, 4) is 0 Å². The van der Waals surface area contributed by atoms with Gasteiger partial charge in [-0.05, 0) is 61.9 Å². The van der Waals surface area contributed by atoms with Gasteiger partial charge in [-0.3, -0.25) is 4.79 Å². The van der Waals surface area contributed by atoms with E-state index in [0.717, 1.165) is 37.2 Å². The molecule has 0 bridgehead atoms. The summed E-state index contributed by atoms with van der Waals surface area (Å²) in [5.74, 6) is 0.0661. The minimum absolute atomic E-state index is 0.0661. The van der Waals surface area contributed by atoms with E-state index >= 15 is 0 Å². The second kappa shape index (κ2) is 7.60. The van der Waals surface area contributed by atoms with Crippen LogP contribution in [0.5, 0.6) is 0 Å². The fourth-order valence-electron chi connectivity index (χ4n) is 3.61. The Balaban J connectivity index is 1.60. The lowest BCUT2D eigenvalue weighted by Gasteiger charge is -2.31. The van der Waals surface area contributed by atoms with Gasteiger partial charge in [-0.2, -0.15) is 0 Å². The highest BCUT2D eigenvalue weighted by atomic mass is 16.2. The quantitative estimate of drug-likeness (QED) is 0.825. The average Bonchev–Trinajstić information content (AvgIpc) is 2.58. The Bertz CT molecular complexity index is 757. The first-order valence-electron chi connectivity index (χ1n) is 9.01. The van der Waals surface area contributed by atoms with Crippen LogP contribution in [0, 0.1) is 6.92 Å². The molecule has 132 valence electrons. The van der Waals surface area contributed by atoms with E-state index in [1.165, 1.54) is 16.7 Å². The van der Waals surface area contributed by atoms with Crippen LogP contribution >= 0.6 is 0 Å². The maximum Gasteiger partial charge on any atom is 0.239 e. The molecule has 0 saturated carbocycles. The molecule has 0 spiro atoms. The number of nitrogens with one attached hydrogen (secondary N) is 1. The standard InChI is InChI=1S/C21H27N3O/c1-15-7-3-4-8-17(15)13-16(2)23-21(25)14-24-12-6-9-18-19(22)10-5-11-20(18)24/h3-5,7-8,10-11,16H,6,9,12-14,22H2,1-2H3,(H,23,25). The number of carbonyl (C=O) groups is 1. The van der Waals surface area contributed by atoms with Gasteiger partial charge in [0.1, 0.15) is 0 Å². The third kappa shape index (κ3) is 4.13. The van der Waals surface area contributed by atoms with E-state index in [-0.39, 0.29) is 11.9 Å². The summed E-state index contributed by atoms with van der Waals surface area (Å²) in [5.41, 5.74) is 11.7. The number of nitrogens with zero attached hydrogens (tertiary/aromatic N) is 1. The molecular weight excluding hydrogens is 310 g/mol. The summed E-state index contributed by atoms with van der Waals surface area (Å²) in [6.07, 6.45) is 2.87. The van der Waals surface area contributed by atoms with Crippen molar-refractivity contribution in [1.29, 1.82) is 0 Å². The second-order valence-corrected chi connectivity index (χ2v) is 6.97. The topological polar surface area (TPSA) is 58.4 Å². The van der Waals surface area contributed by atoms with E-state index in [9.17, 15) is 4.79 Å². The third-order valence-corrected chi connectivity index (χ3v) is 4.91. The van der Waals surface area contributed by atoms with Crippen LogP contribution in [0.1, 0.15) is 30.0 Å². The van der Waals surface area contributed by atoms with Crippen molar-refractivity contribution in [1.82, 2.24) is 5.32 Å². The Morgan fingerprint density at radius 2 is 2.04 bits per heavy atom. The van der Waals surface area contributed by atoms with Crippen LogP contribution in [0.2, 0.25) is 0 Å². The molecule has 1 aliphatic heterocycles. The highest BCUT2D eigenvalue weighted by molar-refractivity contribution is 5.82. The monoisotopic (exact) mass is 337 g/mol. The number of carbonyl (C=O) groups excluding carboxylic acids is 1. The Kier molecular flexibility index (Phi) is 5.27. The molecule has 1 amide bonds. The number of nitrogen functional groups attached to an aromatic ring is 1. The number of anilines is 2. The number of hydrogen-bond donors (Lipinski definition) is 2. The van der Waals surface area contributed by atoms with E-state index in [4.69, 9.17) is 5.73 Å². The van der Waals surface area contributed by atoms with E-state index in [1.807, 2.05) is 24.3 Å². The zero-order valence-corrected chi connectivity index (χ0v) is 15.1. The van der Waals surface area contributed by atoms with Gasteiger partial charge in [0.05, 0.1) is 6.54 Å². The van der Waals surface area contributed by atoms with Crippen LogP contribution in [-0.2, 0) is 17.6 Å². The van der Waals surface area contributed by atoms with E-state index in [0.29, 0.717) is 6.54 Å². The number of benzene rings is 2. The predicted molar refractivity (Wildman–Crippen MR) is 104 cm³/mol. The lowest BCUT2D eigenvalue weighted by atomic mass is 10.00. The molecule has 1 aliphatic rings. The summed E-state index contributed by atoms with van der Waals surface area (Å²) >= 11 is 0. The molecule has 1 atom stereocenters. The Morgan fingerprint density at radius 3 is 2.84 bits per heavy atom. The Hall–Kier alpha value is -2.49. The summed E-state index contributed by atoms with van der Waals surface area (Å²) < 4.78 is 0. The number of amides is 1. The van der Waals surface area contributed by atoms with Crippen LogP contribution in [0.15, 0.2) is 42.5 Å². The van der Waals surface area contributed by atoms with Crippen LogP contribution in [-0.4, -0.2) is 25.0 Å². The number of nitrogens with two attached hydrogens (primary N) is 1. The lowest BCUT2D eigenvalue weighted by molar-refractivity contribution is -0.120. The predicted octanol–water partition coefficient (Wildman–Crippen LogP) is 3.08. The number of rotatable bonds is 5. The van der Waals surface area contributed by atoms with Gasteiger partial charge in [-0.25, -0.2) is 0 Å². The van der Waals surface area contributed by atoms with Gasteiger partial charge in [0.15, 0.2) is 0 Å². The SMILES string of the molecule is Cc1ccccc1CC(C)NC(=O)CN1CCCc2c(N)cccc21. The molecule has 0 saturated heterocycles. The summed E-state index contributed by atoms with van der Waals surface area (Å²) in [5, 5.41) is 3.14. The van der Waals surface area contributed by atoms with E-state index in [2.05, 4.69) is 42.3 Å². The third-order valence-electron chi connectivity index (χ3n) is 4.91. The van der Waals surface area contributed by atoms with Crippen LogP contribution in [0.25, 0.3) is 0 Å². The molecule has 0 aliphatic carbocycles. The maximum atomic E-state index is 12.5. The van der Waals surface area contributed by atoms with Crippen molar-refractivity contribution >= 4 is 17.3 Å². The molecule has 1 unspecified atom stereocenters. The van der Waals surface area contributed by atoms with Gasteiger partial charge in [0.2, 0.25) is 5.91 Å². The van der Waals surface area contributed by atoms with Crippen molar-refractivity contribution in [2.75, 3.05) is 23.7 Å². The second-order valence-electron chi connectivity index (χ2n) is 6.97. The van der Waals surface area contributed by atoms with Crippen molar-refractivity contribution in [2.24, 2.45) is 0 Å². The number of hydrogen-bond acceptors (Lipinski definition) is 3. The Labute approximate surface area is 150 Å². The first-order chi connectivity index (χ1) is 12.0. The molecule has 2 aromatic rings. The van der Waals surface area contributed by atoms with Gasteiger partial charge < -0.3 is 16.0 Å². The first kappa shape index (κ1) is 17.3. The molecular formula is C21H27N3O. The van der Waals surface area contributed by atoms with Gasteiger partial charge in [-0.1, -0.05) is 30.3 Å². The lowest BCUT2D eigenvalue weighted by Crippen LogP contribution is -2.43. The first-order valence-corrected chi connectivity index (χ1v) is 9.01. The van der Waals surface area contributed by atoms with Crippen molar-refractivity contribution < 1.29 is 4.79 Å². The summed E-state index contributed by atoms with van der Waals surface area (Å²) in [4.78, 5) is 14.7. The summed E-state index contributed by atoms with van der Waals surface area (Å²) in [6.45, 7) is 5.45. The fourth-order valence-corrected chi connectivity index (χ4v) is 3.61. The summed E-state index contributed by atoms with van der Waals surface area (Å²) in [7, 11) is 0. The smallest absolute Gasteiger partial charge is 0.239 e. The Morgan fingerprint density at radius 1 is 1.24 bits per heavy atom. The van der Waals surface area contributed by atoms with Crippen molar-refractivity contribution in [3.05, 3.63) is 59.2 Å². The van der Waals surface area contributed by atoms with Crippen LogP contribution < -0.4 is 16.0 Å². The molecule has 0 radical (unpaired) electrons. The molecule has 0 aromatic heterocycles. The molecule has 0 fully saturated rings. The molecule has 3 rings (SSSR count). The molecule has 25 heavy (non-hydrogen) atoms. The van der Waals surface area contributed by atoms with Gasteiger partial charge >= 0.3 is 0 Å². The minimum atomic E-state index is 0.0661. The van der Waals surface area contributed by atoms with Crippen molar-refractivity contribution in [3.63, 3.8) is 0 Å². The van der Waals surface area contributed by atoms with Gasteiger partial charge in [0, 0.05) is 24.0 Å². The van der Waals surface area contributed by atoms with E-state index < -0.39 is 0 Å². The maximum absolute atomic E-state index is 12.5. The zero-order chi connectivity index (χ0) is 17.8. The highest BCUT2D eigenvalue weighted by Crippen LogP contribution is 2.30.